The van der Waals surface area contributed by atoms with Crippen molar-refractivity contribution in [3.05, 3.63) is 46.0 Å². The van der Waals surface area contributed by atoms with Gasteiger partial charge in [0.2, 0.25) is 0 Å². The van der Waals surface area contributed by atoms with Crippen molar-refractivity contribution in [1.29, 1.82) is 0 Å². The molecule has 2 rings (SSSR count). The van der Waals surface area contributed by atoms with Crippen LogP contribution in [0, 0.1) is 27.7 Å². The molecule has 4 nitrogen and oxygen atoms in total. The van der Waals surface area contributed by atoms with Crippen LogP contribution in [0.4, 0.5) is 0 Å². The Labute approximate surface area is 266 Å². The number of rotatable bonds is 21. The molecule has 0 spiro atoms. The average Bonchev–Trinajstić information content (AvgIpc) is 2.92. The van der Waals surface area contributed by atoms with E-state index in [1.165, 1.54) is 56.1 Å². The Morgan fingerprint density at radius 2 is 1.10 bits per heavy atom. The number of carbonyl (C=O) groups excluding carboxylic acids is 1. The first kappa shape index (κ1) is 37.6. The van der Waals surface area contributed by atoms with E-state index in [1.807, 2.05) is 19.1 Å². The minimum atomic E-state index is -0.0821. The van der Waals surface area contributed by atoms with Crippen LogP contribution >= 0.6 is 8.58 Å². The van der Waals surface area contributed by atoms with Crippen LogP contribution in [0.25, 0.3) is 0 Å². The summed E-state index contributed by atoms with van der Waals surface area (Å²) in [5, 5.41) is 0.867. The molecule has 0 amide bonds. The van der Waals surface area contributed by atoms with Gasteiger partial charge in [0.15, 0.2) is 5.52 Å². The topological polar surface area (TPSA) is 44.8 Å². The minimum Gasteiger partial charge on any atom is -1.00 e. The third-order valence-corrected chi connectivity index (χ3v) is 8.86. The quantitative estimate of drug-likeness (QED) is 0.0904. The van der Waals surface area contributed by atoms with Gasteiger partial charge < -0.3 is 15.6 Å². The number of benzene rings is 2. The molecule has 0 radical (unpaired) electrons. The first-order valence-corrected chi connectivity index (χ1v) is 16.8. The van der Waals surface area contributed by atoms with Crippen LogP contribution in [0.15, 0.2) is 18.2 Å². The number of unbranched alkanes of at least 4 members (excludes halogenated alkanes) is 9. The molecule has 0 saturated heterocycles. The van der Waals surface area contributed by atoms with Crippen molar-refractivity contribution in [2.75, 3.05) is 19.8 Å². The third-order valence-electron chi connectivity index (χ3n) is 7.64. The SMILES string of the molecule is CCCCCCOc1cc(OCCCCCC)c(PC(=O)c2c(C)cc(C)c(C)c2C)c(OCCCCCC)c1.[H-].[Li+]. The van der Waals surface area contributed by atoms with Crippen molar-refractivity contribution in [3.63, 3.8) is 0 Å². The van der Waals surface area contributed by atoms with Gasteiger partial charge in [-0.2, -0.15) is 0 Å². The van der Waals surface area contributed by atoms with Crippen LogP contribution in [-0.4, -0.2) is 25.3 Å². The number of hydrogen-bond acceptors (Lipinski definition) is 4. The summed E-state index contributed by atoms with van der Waals surface area (Å²) in [5.41, 5.74) is 5.49. The van der Waals surface area contributed by atoms with Gasteiger partial charge in [0.05, 0.1) is 25.1 Å². The molecule has 0 fully saturated rings. The third kappa shape index (κ3) is 12.7. The fourth-order valence-corrected chi connectivity index (χ4v) is 6.22. The predicted molar refractivity (Wildman–Crippen MR) is 174 cm³/mol. The molecule has 0 saturated carbocycles. The maximum absolute atomic E-state index is 13.9. The second-order valence-corrected chi connectivity index (χ2v) is 12.3. The number of carbonyl (C=O) groups is 1. The molecule has 1 atom stereocenters. The van der Waals surface area contributed by atoms with E-state index in [4.69, 9.17) is 14.2 Å². The summed E-state index contributed by atoms with van der Waals surface area (Å²) in [6.45, 7) is 16.9. The normalized spacial score (nSPS) is 11.1. The molecule has 0 heterocycles. The van der Waals surface area contributed by atoms with Gasteiger partial charge in [0.1, 0.15) is 17.2 Å². The first-order valence-electron chi connectivity index (χ1n) is 15.8. The fourth-order valence-electron chi connectivity index (χ4n) is 4.95. The predicted octanol–water partition coefficient (Wildman–Crippen LogP) is 7.06. The summed E-state index contributed by atoms with van der Waals surface area (Å²) in [7, 11) is -0.0821. The summed E-state index contributed by atoms with van der Waals surface area (Å²) in [4.78, 5) is 13.9. The molecule has 0 aromatic heterocycles. The zero-order valence-electron chi connectivity index (χ0n) is 28.5. The Hall–Kier alpha value is -1.46. The second kappa shape index (κ2) is 21.3. The smallest absolute Gasteiger partial charge is 1.00 e. The molecule has 2 aromatic carbocycles. The van der Waals surface area contributed by atoms with Crippen molar-refractivity contribution < 1.29 is 39.3 Å². The van der Waals surface area contributed by atoms with Crippen LogP contribution in [0.2, 0.25) is 0 Å². The molecule has 2 aromatic rings. The van der Waals surface area contributed by atoms with Crippen LogP contribution in [0.5, 0.6) is 17.2 Å². The van der Waals surface area contributed by atoms with Gasteiger partial charge in [-0.1, -0.05) is 84.6 Å². The van der Waals surface area contributed by atoms with Gasteiger partial charge in [-0.3, -0.25) is 4.79 Å². The Kier molecular flexibility index (Phi) is 19.5. The van der Waals surface area contributed by atoms with Gasteiger partial charge >= 0.3 is 18.9 Å². The average molecular weight is 579 g/mol. The van der Waals surface area contributed by atoms with Crippen LogP contribution < -0.4 is 38.4 Å². The van der Waals surface area contributed by atoms with Crippen molar-refractivity contribution in [3.8, 4) is 17.2 Å². The standard InChI is InChI=1S/C35H55O4P.Li.H/c1-8-11-14-17-20-37-30-24-31(38-21-18-15-12-9-2)34(32(25-30)39-22-19-16-13-10-3)40-35(36)33-27(5)23-26(4)28(6)29(33)7;;/h23-25,40H,8-22H2,1-7H3;;/q;+1;-1. The molecule has 0 aliphatic rings. The monoisotopic (exact) mass is 578 g/mol. The molecular weight excluding hydrogens is 522 g/mol. The molecule has 0 aliphatic heterocycles. The van der Waals surface area contributed by atoms with Gasteiger partial charge in [0, 0.05) is 17.7 Å². The van der Waals surface area contributed by atoms with Crippen LogP contribution in [0.1, 0.15) is 132 Å². The second-order valence-electron chi connectivity index (χ2n) is 11.1. The van der Waals surface area contributed by atoms with Crippen molar-refractivity contribution >= 4 is 19.4 Å². The molecule has 0 bridgehead atoms. The molecule has 6 heteroatoms. The maximum Gasteiger partial charge on any atom is 1.00 e. The van der Waals surface area contributed by atoms with Crippen LogP contribution in [0.3, 0.4) is 0 Å². The Morgan fingerprint density at radius 1 is 0.634 bits per heavy atom. The summed E-state index contributed by atoms with van der Waals surface area (Å²) in [6.07, 6.45) is 13.7. The van der Waals surface area contributed by atoms with E-state index < -0.39 is 0 Å². The van der Waals surface area contributed by atoms with E-state index in [9.17, 15) is 4.79 Å². The van der Waals surface area contributed by atoms with E-state index in [-0.39, 0.29) is 34.4 Å². The van der Waals surface area contributed by atoms with Crippen molar-refractivity contribution in [2.24, 2.45) is 0 Å². The summed E-state index contributed by atoms with van der Waals surface area (Å²) in [5.74, 6) is 2.23. The van der Waals surface area contributed by atoms with E-state index in [2.05, 4.69) is 47.6 Å². The number of aryl methyl sites for hydroxylation is 2. The van der Waals surface area contributed by atoms with Gasteiger partial charge in [0.25, 0.3) is 0 Å². The maximum atomic E-state index is 13.9. The van der Waals surface area contributed by atoms with Gasteiger partial charge in [-0.25, -0.2) is 0 Å². The molecule has 226 valence electrons. The molecule has 1 unspecified atom stereocenters. The Morgan fingerprint density at radius 3 is 1.56 bits per heavy atom. The van der Waals surface area contributed by atoms with Gasteiger partial charge in [-0.15, -0.1) is 0 Å². The van der Waals surface area contributed by atoms with E-state index >= 15 is 0 Å². The van der Waals surface area contributed by atoms with E-state index in [0.717, 1.165) is 71.3 Å². The summed E-state index contributed by atoms with van der Waals surface area (Å²) < 4.78 is 19.0. The molecule has 41 heavy (non-hydrogen) atoms. The van der Waals surface area contributed by atoms with Crippen LogP contribution in [-0.2, 0) is 0 Å². The number of ether oxygens (including phenoxy) is 3. The fraction of sp³-hybridized carbons (Fsp3) is 0.629. The Bertz CT molecular complexity index is 1020. The largest absolute Gasteiger partial charge is 1.00 e. The van der Waals surface area contributed by atoms with Crippen molar-refractivity contribution in [1.82, 2.24) is 0 Å². The summed E-state index contributed by atoms with van der Waals surface area (Å²) in [6, 6.07) is 6.10. The van der Waals surface area contributed by atoms with Gasteiger partial charge in [-0.05, 0) is 77.8 Å². The molecule has 0 N–H and O–H groups in total. The minimum absolute atomic E-state index is 0. The van der Waals surface area contributed by atoms with E-state index in [1.54, 1.807) is 0 Å². The summed E-state index contributed by atoms with van der Waals surface area (Å²) >= 11 is 0. The number of hydrogen-bond donors (Lipinski definition) is 0. The molecular formula is C35H56LiO4P. The first-order chi connectivity index (χ1) is 19.3. The van der Waals surface area contributed by atoms with Crippen molar-refractivity contribution in [2.45, 2.75) is 126 Å². The molecule has 0 aliphatic carbocycles. The zero-order valence-corrected chi connectivity index (χ0v) is 28.5. The zero-order chi connectivity index (χ0) is 29.3. The van der Waals surface area contributed by atoms with E-state index in [0.29, 0.717) is 19.8 Å². The Balaban J connectivity index is 0.00000840.